The fourth-order valence-corrected chi connectivity index (χ4v) is 5.19. The number of urea groups is 1. The largest absolute Gasteiger partial charge is 0.379 e. The lowest BCUT2D eigenvalue weighted by atomic mass is 10.0. The van der Waals surface area contributed by atoms with Crippen LogP contribution in [0.5, 0.6) is 0 Å². The highest BCUT2D eigenvalue weighted by atomic mass is 16.6. The fraction of sp³-hybridized carbons (Fsp3) is 0.744. The van der Waals surface area contributed by atoms with Crippen LogP contribution in [0.4, 0.5) is 4.79 Å². The summed E-state index contributed by atoms with van der Waals surface area (Å²) in [6.07, 6.45) is 2.88. The van der Waals surface area contributed by atoms with Gasteiger partial charge in [-0.3, -0.25) is 33.7 Å². The molecule has 0 aromatic heterocycles. The molecule has 7 N–H and O–H groups in total. The molecule has 0 aromatic rings. The maximum absolute atomic E-state index is 13.1. The third kappa shape index (κ3) is 31.0. The molecule has 0 saturated carbocycles. The summed E-state index contributed by atoms with van der Waals surface area (Å²) >= 11 is 0. The predicted molar refractivity (Wildman–Crippen MR) is 227 cm³/mol. The summed E-state index contributed by atoms with van der Waals surface area (Å²) in [5.74, 6) is -2.94. The van der Waals surface area contributed by atoms with Crippen molar-refractivity contribution >= 4 is 55.0 Å². The predicted octanol–water partition coefficient (Wildman–Crippen LogP) is -3.71. The SMILES string of the molecule is BC(=O)CNC(=O)[C@H](CCCNC(N)=O)NC(=O)C(NC(=O)CCOCCOCCOCCOCCOCCOCCOCCOCCNC(=O)CCN1C(=O)C=CC1=O)C(C)C. The third-order valence-corrected chi connectivity index (χ3v) is 8.49. The monoisotopic (exact) mass is 901 g/mol. The van der Waals surface area contributed by atoms with Gasteiger partial charge in [-0.15, -0.1) is 0 Å². The number of hydrogen-bond donors (Lipinski definition) is 6. The zero-order valence-electron chi connectivity index (χ0n) is 36.9. The number of ether oxygens (including phenoxy) is 8. The van der Waals surface area contributed by atoms with Crippen LogP contribution in [0.2, 0.25) is 0 Å². The van der Waals surface area contributed by atoms with Gasteiger partial charge in [0.25, 0.3) is 11.8 Å². The second-order valence-corrected chi connectivity index (χ2v) is 14.1. The molecule has 23 nitrogen and oxygen atoms in total. The maximum Gasteiger partial charge on any atom is 0.312 e. The molecule has 8 amide bonds. The number of nitrogens with two attached hydrogens (primary N) is 1. The number of imide groups is 1. The molecular formula is C39H68BN7O16. The van der Waals surface area contributed by atoms with Gasteiger partial charge < -0.3 is 75.0 Å². The van der Waals surface area contributed by atoms with Gasteiger partial charge in [0, 0.05) is 44.6 Å². The quantitative estimate of drug-likeness (QED) is 0.0195. The van der Waals surface area contributed by atoms with Crippen LogP contribution in [0, 0.1) is 5.92 Å². The molecule has 0 fully saturated rings. The topological polar surface area (TPSA) is 300 Å². The first-order valence-electron chi connectivity index (χ1n) is 21.1. The second-order valence-electron chi connectivity index (χ2n) is 14.1. The number of carbonyl (C=O) groups is 8. The molecule has 1 heterocycles. The maximum atomic E-state index is 13.1. The summed E-state index contributed by atoms with van der Waals surface area (Å²) in [4.78, 5) is 96.4. The van der Waals surface area contributed by atoms with Crippen molar-refractivity contribution in [2.24, 2.45) is 11.7 Å². The van der Waals surface area contributed by atoms with Crippen LogP contribution >= 0.6 is 0 Å². The van der Waals surface area contributed by atoms with Crippen molar-refractivity contribution in [2.45, 2.75) is 51.6 Å². The molecule has 2 atom stereocenters. The van der Waals surface area contributed by atoms with Crippen LogP contribution < -0.4 is 32.3 Å². The number of nitrogens with one attached hydrogen (secondary N) is 5. The summed E-state index contributed by atoms with van der Waals surface area (Å²) < 4.78 is 43.6. The highest BCUT2D eigenvalue weighted by molar-refractivity contribution is 6.58. The molecule has 0 bridgehead atoms. The normalized spacial score (nSPS) is 13.2. The zero-order valence-corrected chi connectivity index (χ0v) is 36.9. The molecule has 0 saturated heterocycles. The zero-order chi connectivity index (χ0) is 46.5. The van der Waals surface area contributed by atoms with Crippen molar-refractivity contribution in [1.82, 2.24) is 31.5 Å². The highest BCUT2D eigenvalue weighted by Crippen LogP contribution is 2.06. The number of hydrogen-bond acceptors (Lipinski definition) is 16. The van der Waals surface area contributed by atoms with Gasteiger partial charge in [0.15, 0.2) is 7.85 Å². The molecule has 0 spiro atoms. The van der Waals surface area contributed by atoms with Crippen LogP contribution in [-0.4, -0.2) is 204 Å². The average molecular weight is 902 g/mol. The molecule has 358 valence electrons. The van der Waals surface area contributed by atoms with Crippen LogP contribution in [0.15, 0.2) is 12.2 Å². The van der Waals surface area contributed by atoms with Crippen molar-refractivity contribution < 1.29 is 76.3 Å². The van der Waals surface area contributed by atoms with Gasteiger partial charge in [-0.25, -0.2) is 4.79 Å². The van der Waals surface area contributed by atoms with E-state index in [2.05, 4.69) is 26.6 Å². The van der Waals surface area contributed by atoms with E-state index in [1.165, 1.54) is 20.0 Å². The van der Waals surface area contributed by atoms with Crippen molar-refractivity contribution in [3.05, 3.63) is 12.2 Å². The Morgan fingerprint density at radius 3 is 1.49 bits per heavy atom. The molecule has 0 aliphatic carbocycles. The molecular weight excluding hydrogens is 833 g/mol. The number of rotatable bonds is 41. The molecule has 0 radical (unpaired) electrons. The first-order valence-corrected chi connectivity index (χ1v) is 21.1. The van der Waals surface area contributed by atoms with Crippen molar-refractivity contribution in [2.75, 3.05) is 132 Å². The Hall–Kier alpha value is -4.56. The van der Waals surface area contributed by atoms with E-state index in [0.717, 1.165) is 4.90 Å². The van der Waals surface area contributed by atoms with Gasteiger partial charge in [-0.2, -0.15) is 0 Å². The Morgan fingerprint density at radius 2 is 1.05 bits per heavy atom. The van der Waals surface area contributed by atoms with Crippen LogP contribution in [0.25, 0.3) is 0 Å². The van der Waals surface area contributed by atoms with E-state index in [9.17, 15) is 38.4 Å². The number of primary amides is 1. The Balaban J connectivity index is 1.93. The standard InChI is InChI=1S/C39H68BN7O16/c1-29(2)36(38(54)45-30(4-3-9-43-39(41)55)37(53)44-28-31(40)48)46-33(50)8-12-56-14-16-58-18-20-60-22-24-62-26-27-63-25-23-61-21-19-59-17-15-57-13-10-42-32(49)7-11-47-34(51)5-6-35(47)52/h5-6,29-30,36H,3-4,7-28,40H2,1-2H3,(H,42,49)(H,44,53)(H,45,54)(H,46,50)(H3,41,43,55)/t30-,36?/m0/s1. The van der Waals surface area contributed by atoms with E-state index in [1.54, 1.807) is 13.8 Å². The minimum Gasteiger partial charge on any atom is -0.379 e. The molecule has 1 aliphatic rings. The molecule has 0 aromatic carbocycles. The first kappa shape index (κ1) is 56.5. The minimum absolute atomic E-state index is 0.000475. The number of nitrogens with zero attached hydrogens (tertiary/aromatic N) is 1. The van der Waals surface area contributed by atoms with E-state index < -0.39 is 47.7 Å². The van der Waals surface area contributed by atoms with E-state index in [4.69, 9.17) is 43.6 Å². The van der Waals surface area contributed by atoms with Crippen molar-refractivity contribution in [3.63, 3.8) is 0 Å². The number of carbonyl (C=O) groups excluding carboxylic acids is 8. The molecule has 1 unspecified atom stereocenters. The Kier molecular flexibility index (Phi) is 33.1. The highest BCUT2D eigenvalue weighted by Gasteiger charge is 2.29. The lowest BCUT2D eigenvalue weighted by Gasteiger charge is -2.25. The van der Waals surface area contributed by atoms with E-state index in [0.29, 0.717) is 105 Å². The van der Waals surface area contributed by atoms with Gasteiger partial charge in [0.05, 0.1) is 112 Å². The lowest BCUT2D eigenvalue weighted by Crippen LogP contribution is -2.55. The first-order chi connectivity index (χ1) is 30.3. The van der Waals surface area contributed by atoms with Gasteiger partial charge >= 0.3 is 6.03 Å². The summed E-state index contributed by atoms with van der Waals surface area (Å²) in [7, 11) is 1.32. The molecule has 1 aliphatic heterocycles. The summed E-state index contributed by atoms with van der Waals surface area (Å²) in [6, 6.07) is -2.65. The fourth-order valence-electron chi connectivity index (χ4n) is 5.19. The number of amides is 8. The molecule has 24 heteroatoms. The molecule has 1 rings (SSSR count). The Bertz CT molecular complexity index is 1390. The van der Waals surface area contributed by atoms with Crippen LogP contribution in [0.1, 0.15) is 39.5 Å². The minimum atomic E-state index is -1.000. The summed E-state index contributed by atoms with van der Waals surface area (Å²) in [5.41, 5.74) is 4.81. The Morgan fingerprint density at radius 1 is 0.587 bits per heavy atom. The van der Waals surface area contributed by atoms with Crippen molar-refractivity contribution in [1.29, 1.82) is 0 Å². The van der Waals surface area contributed by atoms with Gasteiger partial charge in [0.1, 0.15) is 17.8 Å². The van der Waals surface area contributed by atoms with E-state index >= 15 is 0 Å². The van der Waals surface area contributed by atoms with Gasteiger partial charge in [-0.1, -0.05) is 13.8 Å². The van der Waals surface area contributed by atoms with E-state index in [1.807, 2.05) is 0 Å². The van der Waals surface area contributed by atoms with Gasteiger partial charge in [0.2, 0.25) is 23.6 Å². The van der Waals surface area contributed by atoms with Crippen LogP contribution in [0.3, 0.4) is 0 Å². The second kappa shape index (κ2) is 36.9. The van der Waals surface area contributed by atoms with Crippen molar-refractivity contribution in [3.8, 4) is 0 Å². The average Bonchev–Trinajstić information content (AvgIpc) is 3.56. The smallest absolute Gasteiger partial charge is 0.312 e. The molecule has 63 heavy (non-hydrogen) atoms. The third-order valence-electron chi connectivity index (χ3n) is 8.49. The van der Waals surface area contributed by atoms with Crippen LogP contribution in [-0.2, 0) is 71.5 Å². The summed E-state index contributed by atoms with van der Waals surface area (Å²) in [6.45, 7) is 9.50. The van der Waals surface area contributed by atoms with Gasteiger partial charge in [-0.05, 0) is 18.8 Å². The lowest BCUT2D eigenvalue weighted by molar-refractivity contribution is -0.137. The van der Waals surface area contributed by atoms with E-state index in [-0.39, 0.29) is 69.6 Å². The Labute approximate surface area is 369 Å². The summed E-state index contributed by atoms with van der Waals surface area (Å²) in [5, 5.41) is 12.9.